The van der Waals surface area contributed by atoms with Crippen LogP contribution in [-0.2, 0) is 7.05 Å². The monoisotopic (exact) mass is 351 g/mol. The van der Waals surface area contributed by atoms with E-state index in [9.17, 15) is 0 Å². The molecular formula is C15H18BrN3O2. The van der Waals surface area contributed by atoms with Gasteiger partial charge in [0.1, 0.15) is 5.82 Å². The van der Waals surface area contributed by atoms with E-state index in [2.05, 4.69) is 21.0 Å². The number of halogens is 1. The summed E-state index contributed by atoms with van der Waals surface area (Å²) in [5.74, 6) is 2.10. The number of benzene rings is 1. The first kappa shape index (κ1) is 14.3. The fourth-order valence-corrected chi connectivity index (χ4v) is 2.79. The van der Waals surface area contributed by atoms with Crippen LogP contribution in [0.1, 0.15) is 19.3 Å². The molecule has 2 aromatic rings. The molecule has 1 heterocycles. The Kier molecular flexibility index (Phi) is 3.80. The average Bonchev–Trinajstić information content (AvgIpc) is 2.74. The van der Waals surface area contributed by atoms with Crippen molar-refractivity contribution in [1.29, 1.82) is 0 Å². The van der Waals surface area contributed by atoms with Crippen molar-refractivity contribution in [2.24, 2.45) is 7.05 Å². The first-order valence-electron chi connectivity index (χ1n) is 6.92. The van der Waals surface area contributed by atoms with E-state index in [-0.39, 0.29) is 0 Å². The molecule has 6 heteroatoms. The molecule has 0 amide bonds. The molecule has 1 fully saturated rings. The molecule has 1 aromatic heterocycles. The summed E-state index contributed by atoms with van der Waals surface area (Å²) in [7, 11) is 3.47. The van der Waals surface area contributed by atoms with Gasteiger partial charge < -0.3 is 15.2 Å². The summed E-state index contributed by atoms with van der Waals surface area (Å²) < 4.78 is 14.0. The molecule has 21 heavy (non-hydrogen) atoms. The third-order valence-corrected chi connectivity index (χ3v) is 4.45. The number of hydrogen-bond donors (Lipinski definition) is 1. The molecule has 1 aromatic carbocycles. The molecule has 0 aliphatic heterocycles. The van der Waals surface area contributed by atoms with E-state index in [0.29, 0.717) is 11.9 Å². The van der Waals surface area contributed by atoms with Gasteiger partial charge in [0.15, 0.2) is 11.5 Å². The first-order valence-corrected chi connectivity index (χ1v) is 7.72. The van der Waals surface area contributed by atoms with Gasteiger partial charge >= 0.3 is 0 Å². The lowest BCUT2D eigenvalue weighted by Gasteiger charge is -2.27. The molecule has 0 atom stereocenters. The number of nitrogen functional groups attached to an aromatic ring is 1. The van der Waals surface area contributed by atoms with Crippen LogP contribution in [0.25, 0.3) is 11.3 Å². The Balaban J connectivity index is 2.01. The molecule has 1 aliphatic rings. The number of rotatable bonds is 4. The van der Waals surface area contributed by atoms with Gasteiger partial charge in [-0.2, -0.15) is 5.10 Å². The third-order valence-electron chi connectivity index (χ3n) is 3.79. The second-order valence-electron chi connectivity index (χ2n) is 5.23. The lowest BCUT2D eigenvalue weighted by atomic mass is 9.96. The number of nitrogens with two attached hydrogens (primary N) is 1. The van der Waals surface area contributed by atoms with E-state index in [0.717, 1.165) is 40.1 Å². The molecule has 0 spiro atoms. The van der Waals surface area contributed by atoms with Crippen molar-refractivity contribution >= 4 is 21.7 Å². The molecule has 0 unspecified atom stereocenters. The van der Waals surface area contributed by atoms with Crippen LogP contribution in [0.5, 0.6) is 11.5 Å². The third kappa shape index (κ3) is 2.72. The van der Waals surface area contributed by atoms with E-state index in [1.165, 1.54) is 6.42 Å². The Bertz CT molecular complexity index is 646. The molecule has 3 rings (SSSR count). The van der Waals surface area contributed by atoms with Gasteiger partial charge in [0.25, 0.3) is 0 Å². The largest absolute Gasteiger partial charge is 0.493 e. The van der Waals surface area contributed by atoms with Crippen LogP contribution in [0.2, 0.25) is 0 Å². The highest BCUT2D eigenvalue weighted by Crippen LogP contribution is 2.40. The van der Waals surface area contributed by atoms with Crippen LogP contribution in [0, 0.1) is 0 Å². The number of ether oxygens (including phenoxy) is 2. The second kappa shape index (κ2) is 5.60. The number of aromatic nitrogens is 2. The van der Waals surface area contributed by atoms with Gasteiger partial charge in [0, 0.05) is 23.2 Å². The highest BCUT2D eigenvalue weighted by molar-refractivity contribution is 9.10. The molecule has 0 saturated heterocycles. The summed E-state index contributed by atoms with van der Waals surface area (Å²) in [6, 6.07) is 5.72. The standard InChI is InChI=1S/C15H18BrN3O2/c1-19-15(17)8-12(18-19)10-6-14(21-9-4-3-5-9)13(20-2)7-11(10)16/h6-9H,3-5,17H2,1-2H3. The maximum Gasteiger partial charge on any atom is 0.162 e. The minimum atomic E-state index is 0.293. The Hall–Kier alpha value is -1.69. The van der Waals surface area contributed by atoms with Crippen molar-refractivity contribution in [1.82, 2.24) is 9.78 Å². The SMILES string of the molecule is COc1cc(Br)c(-c2cc(N)n(C)n2)cc1OC1CCC1. The number of methoxy groups -OCH3 is 1. The Labute approximate surface area is 132 Å². The van der Waals surface area contributed by atoms with E-state index in [4.69, 9.17) is 15.2 Å². The Morgan fingerprint density at radius 3 is 2.57 bits per heavy atom. The van der Waals surface area contributed by atoms with E-state index in [1.54, 1.807) is 11.8 Å². The summed E-state index contributed by atoms with van der Waals surface area (Å²) >= 11 is 3.56. The summed E-state index contributed by atoms with van der Waals surface area (Å²) in [4.78, 5) is 0. The quantitative estimate of drug-likeness (QED) is 0.917. The average molecular weight is 352 g/mol. The zero-order chi connectivity index (χ0) is 15.0. The van der Waals surface area contributed by atoms with Crippen molar-refractivity contribution in [2.75, 3.05) is 12.8 Å². The van der Waals surface area contributed by atoms with Crippen molar-refractivity contribution < 1.29 is 9.47 Å². The smallest absolute Gasteiger partial charge is 0.162 e. The van der Waals surface area contributed by atoms with Gasteiger partial charge in [-0.15, -0.1) is 0 Å². The second-order valence-corrected chi connectivity index (χ2v) is 6.09. The molecule has 112 valence electrons. The number of aryl methyl sites for hydroxylation is 1. The lowest BCUT2D eigenvalue weighted by Crippen LogP contribution is -2.24. The molecule has 0 bridgehead atoms. The number of nitrogens with zero attached hydrogens (tertiary/aromatic N) is 2. The van der Waals surface area contributed by atoms with E-state index in [1.807, 2.05) is 25.2 Å². The lowest BCUT2D eigenvalue weighted by molar-refractivity contribution is 0.116. The Morgan fingerprint density at radius 1 is 1.29 bits per heavy atom. The predicted octanol–water partition coefficient (Wildman–Crippen LogP) is 3.37. The van der Waals surface area contributed by atoms with Gasteiger partial charge in [0.05, 0.1) is 18.9 Å². The van der Waals surface area contributed by atoms with Gasteiger partial charge in [-0.1, -0.05) is 0 Å². The van der Waals surface area contributed by atoms with Crippen LogP contribution in [-0.4, -0.2) is 23.0 Å². The maximum absolute atomic E-state index is 6.01. The van der Waals surface area contributed by atoms with E-state index >= 15 is 0 Å². The van der Waals surface area contributed by atoms with Crippen molar-refractivity contribution in [2.45, 2.75) is 25.4 Å². The van der Waals surface area contributed by atoms with Crippen LogP contribution >= 0.6 is 15.9 Å². The van der Waals surface area contributed by atoms with Crippen molar-refractivity contribution in [3.8, 4) is 22.8 Å². The summed E-state index contributed by atoms with van der Waals surface area (Å²) in [6.45, 7) is 0. The molecular weight excluding hydrogens is 334 g/mol. The molecule has 2 N–H and O–H groups in total. The zero-order valence-electron chi connectivity index (χ0n) is 12.1. The molecule has 5 nitrogen and oxygen atoms in total. The zero-order valence-corrected chi connectivity index (χ0v) is 13.7. The maximum atomic E-state index is 6.01. The minimum Gasteiger partial charge on any atom is -0.493 e. The van der Waals surface area contributed by atoms with Crippen LogP contribution in [0.15, 0.2) is 22.7 Å². The first-order chi connectivity index (χ1) is 10.1. The molecule has 1 saturated carbocycles. The summed E-state index contributed by atoms with van der Waals surface area (Å²) in [5, 5.41) is 4.42. The predicted molar refractivity (Wildman–Crippen MR) is 85.6 cm³/mol. The topological polar surface area (TPSA) is 62.3 Å². The highest BCUT2D eigenvalue weighted by Gasteiger charge is 2.22. The number of anilines is 1. The van der Waals surface area contributed by atoms with Gasteiger partial charge in [-0.25, -0.2) is 0 Å². The van der Waals surface area contributed by atoms with Crippen LogP contribution in [0.4, 0.5) is 5.82 Å². The highest BCUT2D eigenvalue weighted by atomic mass is 79.9. The normalized spacial score (nSPS) is 14.8. The fraction of sp³-hybridized carbons (Fsp3) is 0.400. The fourth-order valence-electron chi connectivity index (χ4n) is 2.26. The van der Waals surface area contributed by atoms with Crippen molar-refractivity contribution in [3.63, 3.8) is 0 Å². The molecule has 1 aliphatic carbocycles. The van der Waals surface area contributed by atoms with Crippen LogP contribution < -0.4 is 15.2 Å². The van der Waals surface area contributed by atoms with Gasteiger partial charge in [-0.3, -0.25) is 4.68 Å². The minimum absolute atomic E-state index is 0.293. The summed E-state index contributed by atoms with van der Waals surface area (Å²) in [6.07, 6.45) is 3.73. The van der Waals surface area contributed by atoms with Gasteiger partial charge in [0.2, 0.25) is 0 Å². The number of hydrogen-bond acceptors (Lipinski definition) is 4. The van der Waals surface area contributed by atoms with Gasteiger partial charge in [-0.05, 0) is 47.3 Å². The Morgan fingerprint density at radius 2 is 2.05 bits per heavy atom. The molecule has 0 radical (unpaired) electrons. The van der Waals surface area contributed by atoms with Crippen LogP contribution in [0.3, 0.4) is 0 Å². The van der Waals surface area contributed by atoms with E-state index < -0.39 is 0 Å². The summed E-state index contributed by atoms with van der Waals surface area (Å²) in [5.41, 5.74) is 7.61. The van der Waals surface area contributed by atoms with Crippen molar-refractivity contribution in [3.05, 3.63) is 22.7 Å².